The number of alkyl halides is 2. The summed E-state index contributed by atoms with van der Waals surface area (Å²) < 4.78 is 31.7. The van der Waals surface area contributed by atoms with Crippen molar-refractivity contribution in [3.8, 4) is 5.75 Å². The molecule has 1 fully saturated rings. The van der Waals surface area contributed by atoms with E-state index < -0.39 is 6.61 Å². The topological polar surface area (TPSA) is 59.4 Å². The zero-order chi connectivity index (χ0) is 19.2. The van der Waals surface area contributed by atoms with E-state index in [4.69, 9.17) is 0 Å². The predicted octanol–water partition coefficient (Wildman–Crippen LogP) is 2.91. The number of benzene rings is 1. The van der Waals surface area contributed by atoms with E-state index in [-0.39, 0.29) is 17.7 Å². The lowest BCUT2D eigenvalue weighted by atomic mass is 10.2. The molecule has 0 bridgehead atoms. The molecule has 0 saturated carbocycles. The highest BCUT2D eigenvalue weighted by atomic mass is 19.3. The summed E-state index contributed by atoms with van der Waals surface area (Å²) in [6.45, 7) is 1.09. The smallest absolute Gasteiger partial charge is 0.387 e. The maximum atomic E-state index is 12.6. The molecule has 1 aliphatic heterocycles. The van der Waals surface area contributed by atoms with Gasteiger partial charge < -0.3 is 19.5 Å². The number of anilines is 1. The quantitative estimate of drug-likeness (QED) is 0.755. The summed E-state index contributed by atoms with van der Waals surface area (Å²) in [4.78, 5) is 18.3. The summed E-state index contributed by atoms with van der Waals surface area (Å²) in [5.74, 6) is 0.661. The van der Waals surface area contributed by atoms with Crippen molar-refractivity contribution in [1.29, 1.82) is 0 Å². The molecule has 6 nitrogen and oxygen atoms in total. The van der Waals surface area contributed by atoms with Gasteiger partial charge in [-0.3, -0.25) is 4.79 Å². The Bertz CT molecular complexity index is 807. The van der Waals surface area contributed by atoms with E-state index in [0.29, 0.717) is 18.8 Å². The van der Waals surface area contributed by atoms with Crippen LogP contribution in [0.3, 0.4) is 0 Å². The van der Waals surface area contributed by atoms with Crippen molar-refractivity contribution in [3.05, 3.63) is 48.6 Å². The number of nitrogens with zero attached hydrogens (tertiary/aromatic N) is 3. The fourth-order valence-corrected chi connectivity index (χ4v) is 3.16. The van der Waals surface area contributed by atoms with Crippen LogP contribution in [-0.2, 0) is 11.3 Å². The number of halogens is 2. The monoisotopic (exact) mass is 376 g/mol. The first-order chi connectivity index (χ1) is 13.1. The molecule has 0 spiro atoms. The second kappa shape index (κ2) is 8.66. The van der Waals surface area contributed by atoms with Gasteiger partial charge in [-0.25, -0.2) is 4.98 Å². The molecular weight excluding hydrogens is 354 g/mol. The Kier molecular flexibility index (Phi) is 6.05. The van der Waals surface area contributed by atoms with Crippen molar-refractivity contribution in [2.45, 2.75) is 32.5 Å². The number of hydrogen-bond acceptors (Lipinski definition) is 4. The van der Waals surface area contributed by atoms with Gasteiger partial charge in [0.25, 0.3) is 0 Å². The second-order valence-corrected chi connectivity index (χ2v) is 6.19. The number of amides is 1. The van der Waals surface area contributed by atoms with E-state index in [1.807, 2.05) is 22.6 Å². The van der Waals surface area contributed by atoms with Gasteiger partial charge in [0.15, 0.2) is 0 Å². The van der Waals surface area contributed by atoms with E-state index in [1.165, 1.54) is 12.1 Å². The summed E-state index contributed by atoms with van der Waals surface area (Å²) in [6, 6.07) is 6.63. The molecule has 2 aromatic rings. The Morgan fingerprint density at radius 2 is 2.26 bits per heavy atom. The van der Waals surface area contributed by atoms with Gasteiger partial charge in [-0.15, -0.1) is 0 Å². The standard InChI is InChI=1S/C19H22F2N4O2/c1-2-24-12-10-22-17(24)7-8-18(26)23-14-9-11-25(13-14)15-5-3-4-6-16(15)27-19(20)21/h3-8,10,12,14,19H,2,9,11,13H2,1H3,(H,23,26). The number of hydrogen-bond donors (Lipinski definition) is 1. The van der Waals surface area contributed by atoms with Crippen LogP contribution >= 0.6 is 0 Å². The average molecular weight is 376 g/mol. The van der Waals surface area contributed by atoms with Crippen molar-refractivity contribution in [2.24, 2.45) is 0 Å². The van der Waals surface area contributed by atoms with Gasteiger partial charge in [-0.1, -0.05) is 12.1 Å². The van der Waals surface area contributed by atoms with Gasteiger partial charge in [-0.05, 0) is 31.6 Å². The summed E-state index contributed by atoms with van der Waals surface area (Å²) >= 11 is 0. The lowest BCUT2D eigenvalue weighted by Gasteiger charge is -2.21. The molecule has 3 rings (SSSR count). The molecule has 1 aliphatic rings. The zero-order valence-electron chi connectivity index (χ0n) is 15.0. The van der Waals surface area contributed by atoms with Crippen LogP contribution in [0.1, 0.15) is 19.2 Å². The van der Waals surface area contributed by atoms with Crippen LogP contribution in [0.5, 0.6) is 5.75 Å². The van der Waals surface area contributed by atoms with Crippen molar-refractivity contribution < 1.29 is 18.3 Å². The molecule has 1 amide bonds. The molecule has 27 heavy (non-hydrogen) atoms. The minimum absolute atomic E-state index is 0.0623. The van der Waals surface area contributed by atoms with E-state index in [0.717, 1.165) is 18.8 Å². The minimum atomic E-state index is -2.87. The number of para-hydroxylation sites is 2. The van der Waals surface area contributed by atoms with E-state index in [2.05, 4.69) is 15.0 Å². The third-order valence-electron chi connectivity index (χ3n) is 4.43. The third kappa shape index (κ3) is 4.84. The van der Waals surface area contributed by atoms with Crippen LogP contribution in [0.25, 0.3) is 6.08 Å². The molecule has 1 aromatic carbocycles. The number of rotatable bonds is 7. The molecule has 1 N–H and O–H groups in total. The normalized spacial score (nSPS) is 17.0. The summed E-state index contributed by atoms with van der Waals surface area (Å²) in [7, 11) is 0. The van der Waals surface area contributed by atoms with Gasteiger partial charge in [0.2, 0.25) is 5.91 Å². The van der Waals surface area contributed by atoms with Crippen LogP contribution in [0.2, 0.25) is 0 Å². The summed E-state index contributed by atoms with van der Waals surface area (Å²) in [5, 5.41) is 2.95. The molecule has 0 radical (unpaired) electrons. The highest BCUT2D eigenvalue weighted by molar-refractivity contribution is 5.91. The van der Waals surface area contributed by atoms with E-state index in [9.17, 15) is 13.6 Å². The van der Waals surface area contributed by atoms with Gasteiger partial charge in [0.1, 0.15) is 11.6 Å². The molecule has 1 saturated heterocycles. The lowest BCUT2D eigenvalue weighted by molar-refractivity contribution is -0.117. The summed E-state index contributed by atoms with van der Waals surface area (Å²) in [5.41, 5.74) is 0.607. The molecule has 1 aromatic heterocycles. The third-order valence-corrected chi connectivity index (χ3v) is 4.43. The second-order valence-electron chi connectivity index (χ2n) is 6.19. The zero-order valence-corrected chi connectivity index (χ0v) is 15.0. The number of carbonyl (C=O) groups is 1. The maximum Gasteiger partial charge on any atom is 0.387 e. The van der Waals surface area contributed by atoms with Gasteiger partial charge in [0.05, 0.1) is 5.69 Å². The fourth-order valence-electron chi connectivity index (χ4n) is 3.16. The SMILES string of the molecule is CCn1ccnc1C=CC(=O)NC1CCN(c2ccccc2OC(F)F)C1. The van der Waals surface area contributed by atoms with Crippen LogP contribution in [-0.4, -0.2) is 41.2 Å². The van der Waals surface area contributed by atoms with Crippen molar-refractivity contribution in [1.82, 2.24) is 14.9 Å². The molecule has 0 aliphatic carbocycles. The molecule has 1 unspecified atom stereocenters. The van der Waals surface area contributed by atoms with Crippen LogP contribution in [0, 0.1) is 0 Å². The average Bonchev–Trinajstić information content (AvgIpc) is 3.29. The Balaban J connectivity index is 1.58. The molecule has 2 heterocycles. The molecule has 1 atom stereocenters. The van der Waals surface area contributed by atoms with Crippen LogP contribution < -0.4 is 15.0 Å². The lowest BCUT2D eigenvalue weighted by Crippen LogP contribution is -2.36. The Labute approximate surface area is 156 Å². The van der Waals surface area contributed by atoms with Gasteiger partial charge in [0, 0.05) is 44.1 Å². The molecule has 144 valence electrons. The first kappa shape index (κ1) is 18.9. The van der Waals surface area contributed by atoms with Crippen LogP contribution in [0.4, 0.5) is 14.5 Å². The highest BCUT2D eigenvalue weighted by Gasteiger charge is 2.26. The first-order valence-corrected chi connectivity index (χ1v) is 8.85. The number of imidazole rings is 1. The number of nitrogens with one attached hydrogen (secondary N) is 1. The molecular formula is C19H22F2N4O2. The molecule has 8 heteroatoms. The van der Waals surface area contributed by atoms with Gasteiger partial charge in [-0.2, -0.15) is 8.78 Å². The largest absolute Gasteiger partial charge is 0.433 e. The van der Waals surface area contributed by atoms with Gasteiger partial charge >= 0.3 is 6.61 Å². The van der Waals surface area contributed by atoms with Crippen molar-refractivity contribution in [2.75, 3.05) is 18.0 Å². The first-order valence-electron chi connectivity index (χ1n) is 8.85. The van der Waals surface area contributed by atoms with Crippen molar-refractivity contribution >= 4 is 17.7 Å². The van der Waals surface area contributed by atoms with Crippen molar-refractivity contribution in [3.63, 3.8) is 0 Å². The van der Waals surface area contributed by atoms with Crippen LogP contribution in [0.15, 0.2) is 42.7 Å². The van der Waals surface area contributed by atoms with E-state index >= 15 is 0 Å². The number of carbonyl (C=O) groups excluding carboxylic acids is 1. The Morgan fingerprint density at radius 3 is 3.04 bits per heavy atom. The Hall–Kier alpha value is -2.90. The highest BCUT2D eigenvalue weighted by Crippen LogP contribution is 2.31. The summed E-state index contributed by atoms with van der Waals surface area (Å²) in [6.07, 6.45) is 7.41. The Morgan fingerprint density at radius 1 is 1.44 bits per heavy atom. The van der Waals surface area contributed by atoms with E-state index in [1.54, 1.807) is 30.5 Å². The maximum absolute atomic E-state index is 12.6. The fraction of sp³-hybridized carbons (Fsp3) is 0.368. The minimum Gasteiger partial charge on any atom is -0.433 e. The number of aryl methyl sites for hydroxylation is 1. The predicted molar refractivity (Wildman–Crippen MR) is 98.8 cm³/mol. The number of aromatic nitrogens is 2. The number of ether oxygens (including phenoxy) is 1.